The molecule has 0 aliphatic heterocycles. The van der Waals surface area contributed by atoms with Crippen LogP contribution in [0.25, 0.3) is 0 Å². The van der Waals surface area contributed by atoms with Crippen molar-refractivity contribution in [1.82, 2.24) is 10.3 Å². The molecule has 2 aromatic rings. The van der Waals surface area contributed by atoms with Gasteiger partial charge in [0.25, 0.3) is 0 Å². The SMILES string of the molecule is COc1ncc(CF)cc1CNC(=O)C(c1ccccc1)C(F)(F)F. The van der Waals surface area contributed by atoms with Crippen molar-refractivity contribution in [3.05, 3.63) is 59.3 Å². The van der Waals surface area contributed by atoms with E-state index in [0.717, 1.165) is 0 Å². The van der Waals surface area contributed by atoms with Crippen LogP contribution in [0.2, 0.25) is 0 Å². The van der Waals surface area contributed by atoms with Gasteiger partial charge in [-0.2, -0.15) is 13.2 Å². The number of aromatic nitrogens is 1. The molecule has 8 heteroatoms. The topological polar surface area (TPSA) is 51.2 Å². The zero-order chi connectivity index (χ0) is 18.4. The number of benzene rings is 1. The zero-order valence-electron chi connectivity index (χ0n) is 13.3. The van der Waals surface area contributed by atoms with E-state index in [1.165, 1.54) is 43.6 Å². The van der Waals surface area contributed by atoms with Crippen LogP contribution < -0.4 is 10.1 Å². The van der Waals surface area contributed by atoms with Gasteiger partial charge in [-0.25, -0.2) is 9.37 Å². The minimum atomic E-state index is -4.74. The van der Waals surface area contributed by atoms with Crippen molar-refractivity contribution in [2.45, 2.75) is 25.3 Å². The summed E-state index contributed by atoms with van der Waals surface area (Å²) in [5.41, 5.74) is 0.371. The quantitative estimate of drug-likeness (QED) is 0.806. The third-order valence-electron chi connectivity index (χ3n) is 3.51. The smallest absolute Gasteiger partial charge is 0.404 e. The lowest BCUT2D eigenvalue weighted by Crippen LogP contribution is -2.37. The number of alkyl halides is 4. The average Bonchev–Trinajstić information content (AvgIpc) is 2.59. The summed E-state index contributed by atoms with van der Waals surface area (Å²) >= 11 is 0. The molecule has 0 aliphatic carbocycles. The van der Waals surface area contributed by atoms with Gasteiger partial charge < -0.3 is 10.1 Å². The summed E-state index contributed by atoms with van der Waals surface area (Å²) in [7, 11) is 1.32. The summed E-state index contributed by atoms with van der Waals surface area (Å²) < 4.78 is 57.6. The van der Waals surface area contributed by atoms with Crippen LogP contribution in [0, 0.1) is 0 Å². The molecule has 0 fully saturated rings. The Morgan fingerprint density at radius 1 is 1.28 bits per heavy atom. The predicted octanol–water partition coefficient (Wildman–Crippen LogP) is 3.52. The minimum Gasteiger partial charge on any atom is -0.481 e. The molecule has 1 amide bonds. The van der Waals surface area contributed by atoms with Gasteiger partial charge in [0.05, 0.1) is 7.11 Å². The van der Waals surface area contributed by atoms with Gasteiger partial charge in [-0.3, -0.25) is 4.79 Å². The molecule has 0 saturated heterocycles. The molecule has 25 heavy (non-hydrogen) atoms. The Kier molecular flexibility index (Phi) is 5.95. The number of carbonyl (C=O) groups excluding carboxylic acids is 1. The van der Waals surface area contributed by atoms with Crippen molar-refractivity contribution in [2.75, 3.05) is 7.11 Å². The highest BCUT2D eigenvalue weighted by molar-refractivity contribution is 5.84. The number of amides is 1. The normalized spacial score (nSPS) is 12.5. The number of pyridine rings is 1. The van der Waals surface area contributed by atoms with Gasteiger partial charge in [0.1, 0.15) is 6.67 Å². The molecule has 1 heterocycles. The molecule has 0 spiro atoms. The standard InChI is InChI=1S/C17H16F4N2O2/c1-25-16-13(7-11(8-18)9-23-16)10-22-15(24)14(17(19,20)21)12-5-3-2-4-6-12/h2-7,9,14H,8,10H2,1H3,(H,22,24). The summed E-state index contributed by atoms with van der Waals surface area (Å²) in [6, 6.07) is 8.29. The first-order valence-corrected chi connectivity index (χ1v) is 7.34. The Bertz CT molecular complexity index is 720. The van der Waals surface area contributed by atoms with Crippen LogP contribution in [0.15, 0.2) is 42.6 Å². The fraction of sp³-hybridized carbons (Fsp3) is 0.294. The van der Waals surface area contributed by atoms with Crippen LogP contribution in [-0.4, -0.2) is 24.2 Å². The van der Waals surface area contributed by atoms with Crippen molar-refractivity contribution in [3.8, 4) is 5.88 Å². The van der Waals surface area contributed by atoms with Crippen molar-refractivity contribution in [1.29, 1.82) is 0 Å². The summed E-state index contributed by atoms with van der Waals surface area (Å²) in [6.07, 6.45) is -3.48. The number of ether oxygens (including phenoxy) is 1. The van der Waals surface area contributed by atoms with E-state index in [0.29, 0.717) is 5.56 Å². The molecule has 4 nitrogen and oxygen atoms in total. The number of nitrogens with one attached hydrogen (secondary N) is 1. The summed E-state index contributed by atoms with van der Waals surface area (Å²) in [5, 5.41) is 2.23. The maximum Gasteiger partial charge on any atom is 0.404 e. The number of nitrogens with zero attached hydrogens (tertiary/aromatic N) is 1. The largest absolute Gasteiger partial charge is 0.481 e. The van der Waals surface area contributed by atoms with E-state index < -0.39 is 24.7 Å². The first kappa shape index (κ1) is 18.7. The Hall–Kier alpha value is -2.64. The van der Waals surface area contributed by atoms with Crippen LogP contribution in [0.3, 0.4) is 0 Å². The Labute approximate surface area is 141 Å². The van der Waals surface area contributed by atoms with E-state index in [-0.39, 0.29) is 23.6 Å². The lowest BCUT2D eigenvalue weighted by molar-refractivity contribution is -0.165. The third kappa shape index (κ3) is 4.68. The van der Waals surface area contributed by atoms with Crippen LogP contribution in [0.1, 0.15) is 22.6 Å². The minimum absolute atomic E-state index is 0.112. The highest BCUT2D eigenvalue weighted by atomic mass is 19.4. The van der Waals surface area contributed by atoms with Gasteiger partial charge in [-0.1, -0.05) is 30.3 Å². The fourth-order valence-corrected chi connectivity index (χ4v) is 2.35. The lowest BCUT2D eigenvalue weighted by atomic mass is 9.97. The van der Waals surface area contributed by atoms with Crippen LogP contribution in [0.5, 0.6) is 5.88 Å². The molecule has 1 atom stereocenters. The van der Waals surface area contributed by atoms with Crippen molar-refractivity contribution >= 4 is 5.91 Å². The van der Waals surface area contributed by atoms with Crippen molar-refractivity contribution in [3.63, 3.8) is 0 Å². The molecular weight excluding hydrogens is 340 g/mol. The second kappa shape index (κ2) is 7.96. The predicted molar refractivity (Wildman–Crippen MR) is 82.7 cm³/mol. The van der Waals surface area contributed by atoms with Gasteiger partial charge in [0, 0.05) is 23.9 Å². The molecule has 0 radical (unpaired) electrons. The van der Waals surface area contributed by atoms with Crippen molar-refractivity contribution in [2.24, 2.45) is 0 Å². The number of hydrogen-bond donors (Lipinski definition) is 1. The Balaban J connectivity index is 2.20. The van der Waals surface area contributed by atoms with Gasteiger partial charge in [-0.15, -0.1) is 0 Å². The number of rotatable bonds is 6. The molecular formula is C17H16F4N2O2. The molecule has 1 aromatic heterocycles. The van der Waals surface area contributed by atoms with E-state index in [2.05, 4.69) is 10.3 Å². The number of carbonyl (C=O) groups is 1. The van der Waals surface area contributed by atoms with Gasteiger partial charge >= 0.3 is 6.18 Å². The molecule has 1 unspecified atom stereocenters. The van der Waals surface area contributed by atoms with E-state index in [1.54, 1.807) is 6.07 Å². The zero-order valence-corrected chi connectivity index (χ0v) is 13.3. The monoisotopic (exact) mass is 356 g/mol. The number of hydrogen-bond acceptors (Lipinski definition) is 3. The maximum absolute atomic E-state index is 13.3. The van der Waals surface area contributed by atoms with Crippen LogP contribution in [-0.2, 0) is 18.0 Å². The van der Waals surface area contributed by atoms with E-state index in [9.17, 15) is 22.4 Å². The number of halogens is 4. The van der Waals surface area contributed by atoms with Gasteiger partial charge in [-0.05, 0) is 11.6 Å². The molecule has 0 aliphatic rings. The molecule has 134 valence electrons. The highest BCUT2D eigenvalue weighted by Gasteiger charge is 2.45. The summed E-state index contributed by atoms with van der Waals surface area (Å²) in [6.45, 7) is -1.05. The average molecular weight is 356 g/mol. The molecule has 0 bridgehead atoms. The van der Waals surface area contributed by atoms with E-state index >= 15 is 0 Å². The molecule has 2 rings (SSSR count). The Morgan fingerprint density at radius 2 is 1.96 bits per heavy atom. The Morgan fingerprint density at radius 3 is 2.52 bits per heavy atom. The summed E-state index contributed by atoms with van der Waals surface area (Å²) in [4.78, 5) is 16.0. The van der Waals surface area contributed by atoms with E-state index in [1.807, 2.05) is 0 Å². The van der Waals surface area contributed by atoms with Gasteiger partial charge in [0.15, 0.2) is 5.92 Å². The number of methoxy groups -OCH3 is 1. The van der Waals surface area contributed by atoms with E-state index in [4.69, 9.17) is 4.74 Å². The maximum atomic E-state index is 13.3. The van der Waals surface area contributed by atoms with Crippen molar-refractivity contribution < 1.29 is 27.1 Å². The first-order valence-electron chi connectivity index (χ1n) is 7.34. The second-order valence-corrected chi connectivity index (χ2v) is 5.25. The lowest BCUT2D eigenvalue weighted by Gasteiger charge is -2.20. The van der Waals surface area contributed by atoms with Crippen LogP contribution in [0.4, 0.5) is 17.6 Å². The second-order valence-electron chi connectivity index (χ2n) is 5.25. The van der Waals surface area contributed by atoms with Gasteiger partial charge in [0.2, 0.25) is 11.8 Å². The summed E-state index contributed by atoms with van der Waals surface area (Å²) in [5.74, 6) is -3.39. The highest BCUT2D eigenvalue weighted by Crippen LogP contribution is 2.35. The van der Waals surface area contributed by atoms with Crippen LogP contribution >= 0.6 is 0 Å². The molecule has 0 saturated carbocycles. The third-order valence-corrected chi connectivity index (χ3v) is 3.51. The molecule has 1 N–H and O–H groups in total. The first-order chi connectivity index (χ1) is 11.9. The fourth-order valence-electron chi connectivity index (χ4n) is 2.35. The molecule has 1 aromatic carbocycles.